The number of hydrogen-bond acceptors (Lipinski definition) is 5. The molecule has 1 fully saturated rings. The maximum atomic E-state index is 12.4. The van der Waals surface area contributed by atoms with Gasteiger partial charge in [-0.3, -0.25) is 9.59 Å². The van der Waals surface area contributed by atoms with Crippen LogP contribution < -0.4 is 14.8 Å². The van der Waals surface area contributed by atoms with Crippen molar-refractivity contribution >= 4 is 11.8 Å². The molecule has 2 heterocycles. The van der Waals surface area contributed by atoms with Gasteiger partial charge in [0.2, 0.25) is 18.6 Å². The summed E-state index contributed by atoms with van der Waals surface area (Å²) in [5.41, 5.74) is 0.980. The number of nitrogens with zero attached hydrogens (tertiary/aromatic N) is 2. The van der Waals surface area contributed by atoms with Gasteiger partial charge in [0, 0.05) is 26.1 Å². The molecule has 148 valence electrons. The van der Waals surface area contributed by atoms with Gasteiger partial charge in [-0.1, -0.05) is 19.9 Å². The number of benzene rings is 1. The summed E-state index contributed by atoms with van der Waals surface area (Å²) in [7, 11) is 0. The first-order valence-electron chi connectivity index (χ1n) is 9.77. The zero-order valence-corrected chi connectivity index (χ0v) is 16.2. The van der Waals surface area contributed by atoms with Crippen molar-refractivity contribution in [1.29, 1.82) is 0 Å². The molecular formula is C20H29N3O4. The molecule has 0 aromatic heterocycles. The Kier molecular flexibility index (Phi) is 6.55. The summed E-state index contributed by atoms with van der Waals surface area (Å²) in [5.74, 6) is 1.18. The lowest BCUT2D eigenvalue weighted by Gasteiger charge is -2.18. The number of hydrogen-bond donors (Lipinski definition) is 1. The Morgan fingerprint density at radius 1 is 1.26 bits per heavy atom. The van der Waals surface area contributed by atoms with E-state index in [1.54, 1.807) is 4.90 Å². The molecule has 27 heavy (non-hydrogen) atoms. The maximum absolute atomic E-state index is 12.4. The number of amides is 2. The van der Waals surface area contributed by atoms with Gasteiger partial charge in [0.1, 0.15) is 0 Å². The van der Waals surface area contributed by atoms with Crippen molar-refractivity contribution in [3.63, 3.8) is 0 Å². The molecule has 3 rings (SSSR count). The Bertz CT molecular complexity index is 675. The fourth-order valence-electron chi connectivity index (χ4n) is 3.56. The van der Waals surface area contributed by atoms with E-state index in [1.165, 1.54) is 0 Å². The van der Waals surface area contributed by atoms with Gasteiger partial charge >= 0.3 is 0 Å². The fourth-order valence-corrected chi connectivity index (χ4v) is 3.56. The summed E-state index contributed by atoms with van der Waals surface area (Å²) in [6.45, 7) is 9.15. The molecule has 2 amide bonds. The Balaban J connectivity index is 1.45. The van der Waals surface area contributed by atoms with Crippen molar-refractivity contribution < 1.29 is 19.1 Å². The van der Waals surface area contributed by atoms with E-state index in [0.717, 1.165) is 37.4 Å². The van der Waals surface area contributed by atoms with Crippen molar-refractivity contribution in [3.05, 3.63) is 23.8 Å². The summed E-state index contributed by atoms with van der Waals surface area (Å²) < 4.78 is 10.7. The molecule has 0 spiro atoms. The number of carbonyl (C=O) groups is 2. The minimum absolute atomic E-state index is 0.0175. The van der Waals surface area contributed by atoms with Crippen molar-refractivity contribution in [2.24, 2.45) is 5.92 Å². The average Bonchev–Trinajstić information content (AvgIpc) is 3.28. The highest BCUT2D eigenvalue weighted by molar-refractivity contribution is 5.89. The van der Waals surface area contributed by atoms with E-state index in [-0.39, 0.29) is 30.9 Å². The third-order valence-corrected chi connectivity index (χ3v) is 5.24. The average molecular weight is 375 g/mol. The van der Waals surface area contributed by atoms with Crippen LogP contribution >= 0.6 is 0 Å². The standard InChI is InChI=1S/C20H29N3O4/c1-3-22(4-2)9-5-8-21-20(25)16-11-19(24)23(13-16)12-15-6-7-17-18(10-15)27-14-26-17/h6-7,10,16H,3-5,8-9,11-14H2,1-2H3,(H,21,25). The largest absolute Gasteiger partial charge is 0.454 e. The molecule has 1 atom stereocenters. The Morgan fingerprint density at radius 2 is 2.04 bits per heavy atom. The Hall–Kier alpha value is -2.28. The Morgan fingerprint density at radius 3 is 2.81 bits per heavy atom. The lowest BCUT2D eigenvalue weighted by Crippen LogP contribution is -2.35. The van der Waals surface area contributed by atoms with E-state index < -0.39 is 0 Å². The molecule has 0 radical (unpaired) electrons. The first kappa shape index (κ1) is 19.5. The quantitative estimate of drug-likeness (QED) is 0.664. The van der Waals surface area contributed by atoms with Crippen molar-refractivity contribution in [3.8, 4) is 11.5 Å². The van der Waals surface area contributed by atoms with E-state index in [2.05, 4.69) is 24.1 Å². The van der Waals surface area contributed by atoms with Gasteiger partial charge in [0.05, 0.1) is 5.92 Å². The topological polar surface area (TPSA) is 71.1 Å². The predicted molar refractivity (Wildman–Crippen MR) is 102 cm³/mol. The first-order valence-corrected chi connectivity index (χ1v) is 9.77. The van der Waals surface area contributed by atoms with E-state index in [9.17, 15) is 9.59 Å². The van der Waals surface area contributed by atoms with Crippen molar-refractivity contribution in [1.82, 2.24) is 15.1 Å². The highest BCUT2D eigenvalue weighted by Gasteiger charge is 2.34. The number of fused-ring (bicyclic) bond motifs is 1. The minimum atomic E-state index is -0.264. The van der Waals surface area contributed by atoms with Crippen LogP contribution in [0.1, 0.15) is 32.3 Å². The molecular weight excluding hydrogens is 346 g/mol. The number of likely N-dealkylation sites (tertiary alicyclic amines) is 1. The molecule has 1 saturated heterocycles. The van der Waals surface area contributed by atoms with Gasteiger partial charge in [0.25, 0.3) is 0 Å². The molecule has 1 aromatic rings. The summed E-state index contributed by atoms with van der Waals surface area (Å²) in [5, 5.41) is 2.99. The van der Waals surface area contributed by atoms with Gasteiger partial charge in [-0.2, -0.15) is 0 Å². The first-order chi connectivity index (χ1) is 13.1. The number of nitrogens with one attached hydrogen (secondary N) is 1. The second kappa shape index (κ2) is 9.08. The van der Waals surface area contributed by atoms with Gasteiger partial charge in [-0.15, -0.1) is 0 Å². The van der Waals surface area contributed by atoms with Crippen LogP contribution in [0, 0.1) is 5.92 Å². The predicted octanol–water partition coefficient (Wildman–Crippen LogP) is 1.61. The highest BCUT2D eigenvalue weighted by atomic mass is 16.7. The van der Waals surface area contributed by atoms with Crippen LogP contribution in [0.25, 0.3) is 0 Å². The van der Waals surface area contributed by atoms with Crippen molar-refractivity contribution in [2.45, 2.75) is 33.2 Å². The van der Waals surface area contributed by atoms with Gasteiger partial charge in [-0.05, 0) is 43.8 Å². The van der Waals surface area contributed by atoms with Crippen LogP contribution in [0.15, 0.2) is 18.2 Å². The van der Waals surface area contributed by atoms with E-state index in [0.29, 0.717) is 25.4 Å². The summed E-state index contributed by atoms with van der Waals surface area (Å²) in [4.78, 5) is 28.8. The van der Waals surface area contributed by atoms with Crippen LogP contribution in [0.4, 0.5) is 0 Å². The van der Waals surface area contributed by atoms with Gasteiger partial charge < -0.3 is 24.6 Å². The molecule has 2 aliphatic rings. The number of ether oxygens (including phenoxy) is 2. The van der Waals surface area contributed by atoms with Crippen LogP contribution in [-0.2, 0) is 16.1 Å². The zero-order valence-electron chi connectivity index (χ0n) is 16.2. The fraction of sp³-hybridized carbons (Fsp3) is 0.600. The van der Waals surface area contributed by atoms with E-state index >= 15 is 0 Å². The third-order valence-electron chi connectivity index (χ3n) is 5.24. The normalized spacial score (nSPS) is 18.4. The molecule has 0 bridgehead atoms. The van der Waals surface area contributed by atoms with Crippen LogP contribution in [0.5, 0.6) is 11.5 Å². The lowest BCUT2D eigenvalue weighted by molar-refractivity contribution is -0.129. The second-order valence-corrected chi connectivity index (χ2v) is 7.03. The smallest absolute Gasteiger partial charge is 0.231 e. The lowest BCUT2D eigenvalue weighted by atomic mass is 10.1. The van der Waals surface area contributed by atoms with Crippen molar-refractivity contribution in [2.75, 3.05) is 39.5 Å². The molecule has 2 aliphatic heterocycles. The number of carbonyl (C=O) groups excluding carboxylic acids is 2. The summed E-state index contributed by atoms with van der Waals surface area (Å²) in [6, 6.07) is 5.69. The number of rotatable bonds is 9. The summed E-state index contributed by atoms with van der Waals surface area (Å²) in [6.07, 6.45) is 1.21. The second-order valence-electron chi connectivity index (χ2n) is 7.03. The maximum Gasteiger partial charge on any atom is 0.231 e. The molecule has 0 aliphatic carbocycles. The molecule has 7 heteroatoms. The monoisotopic (exact) mass is 375 g/mol. The van der Waals surface area contributed by atoms with Gasteiger partial charge in [0.15, 0.2) is 11.5 Å². The van der Waals surface area contributed by atoms with Crippen LogP contribution in [0.2, 0.25) is 0 Å². The van der Waals surface area contributed by atoms with E-state index in [1.807, 2.05) is 18.2 Å². The Labute approximate surface area is 160 Å². The summed E-state index contributed by atoms with van der Waals surface area (Å²) >= 11 is 0. The minimum Gasteiger partial charge on any atom is -0.454 e. The molecule has 1 N–H and O–H groups in total. The zero-order chi connectivity index (χ0) is 19.2. The molecule has 1 unspecified atom stereocenters. The van der Waals surface area contributed by atoms with E-state index in [4.69, 9.17) is 9.47 Å². The highest BCUT2D eigenvalue weighted by Crippen LogP contribution is 2.33. The molecule has 1 aromatic carbocycles. The third kappa shape index (κ3) is 4.91. The molecule has 7 nitrogen and oxygen atoms in total. The van der Waals surface area contributed by atoms with Crippen LogP contribution in [-0.4, -0.2) is 61.1 Å². The van der Waals surface area contributed by atoms with Gasteiger partial charge in [-0.25, -0.2) is 0 Å². The van der Waals surface area contributed by atoms with Crippen LogP contribution in [0.3, 0.4) is 0 Å². The molecule has 0 saturated carbocycles. The SMILES string of the molecule is CCN(CC)CCCNC(=O)C1CC(=O)N(Cc2ccc3c(c2)OCO3)C1.